The highest BCUT2D eigenvalue weighted by Crippen LogP contribution is 2.20. The minimum absolute atomic E-state index is 0.0673. The summed E-state index contributed by atoms with van der Waals surface area (Å²) in [6.45, 7) is 4.06. The molecule has 1 heterocycles. The third-order valence-corrected chi connectivity index (χ3v) is 4.58. The van der Waals surface area contributed by atoms with Crippen LogP contribution in [0.1, 0.15) is 30.9 Å². The van der Waals surface area contributed by atoms with Gasteiger partial charge in [-0.05, 0) is 56.5 Å². The molecular weight excluding hydrogens is 284 g/mol. The first-order valence-corrected chi connectivity index (χ1v) is 8.41. The van der Waals surface area contributed by atoms with Crippen LogP contribution in [0.4, 0.5) is 5.69 Å². The van der Waals surface area contributed by atoms with Crippen LogP contribution in [0.15, 0.2) is 54.6 Å². The Morgan fingerprint density at radius 2 is 1.70 bits per heavy atom. The number of carbonyl (C=O) groups is 1. The van der Waals surface area contributed by atoms with Crippen molar-refractivity contribution in [1.29, 1.82) is 0 Å². The van der Waals surface area contributed by atoms with Crippen LogP contribution < -0.4 is 5.32 Å². The molecule has 0 unspecified atom stereocenters. The lowest BCUT2D eigenvalue weighted by Gasteiger charge is -2.23. The van der Waals surface area contributed by atoms with Gasteiger partial charge >= 0.3 is 0 Å². The Balaban J connectivity index is 1.71. The quantitative estimate of drug-likeness (QED) is 0.913. The number of benzene rings is 2. The molecule has 0 bridgehead atoms. The number of likely N-dealkylation sites (tertiary alicyclic amines) is 1. The third-order valence-electron chi connectivity index (χ3n) is 4.58. The normalized spacial score (nSPS) is 16.2. The molecule has 2 aromatic rings. The minimum atomic E-state index is -0.0673. The van der Waals surface area contributed by atoms with Gasteiger partial charge in [0.1, 0.15) is 0 Å². The Labute approximate surface area is 138 Å². The molecule has 3 rings (SSSR count). The maximum absolute atomic E-state index is 12.6. The first kappa shape index (κ1) is 15.8. The summed E-state index contributed by atoms with van der Waals surface area (Å²) in [5.41, 5.74) is 3.33. The molecule has 2 aromatic carbocycles. The van der Waals surface area contributed by atoms with Crippen LogP contribution in [0.2, 0.25) is 0 Å². The van der Waals surface area contributed by atoms with Crippen molar-refractivity contribution in [2.75, 3.05) is 18.4 Å². The molecule has 120 valence electrons. The summed E-state index contributed by atoms with van der Waals surface area (Å²) in [4.78, 5) is 14.8. The number of rotatable bonds is 5. The van der Waals surface area contributed by atoms with Crippen LogP contribution in [-0.2, 0) is 11.2 Å². The zero-order chi connectivity index (χ0) is 16.1. The van der Waals surface area contributed by atoms with E-state index in [-0.39, 0.29) is 11.9 Å². The van der Waals surface area contributed by atoms with Gasteiger partial charge in [0.05, 0.1) is 6.04 Å². The molecule has 23 heavy (non-hydrogen) atoms. The third kappa shape index (κ3) is 3.99. The number of amides is 1. The van der Waals surface area contributed by atoms with Gasteiger partial charge in [0, 0.05) is 5.69 Å². The van der Waals surface area contributed by atoms with Gasteiger partial charge in [0.25, 0.3) is 0 Å². The lowest BCUT2D eigenvalue weighted by molar-refractivity contribution is -0.120. The van der Waals surface area contributed by atoms with E-state index in [2.05, 4.69) is 28.4 Å². The van der Waals surface area contributed by atoms with E-state index in [0.29, 0.717) is 0 Å². The van der Waals surface area contributed by atoms with Crippen molar-refractivity contribution in [3.63, 3.8) is 0 Å². The Hall–Kier alpha value is -2.13. The highest BCUT2D eigenvalue weighted by atomic mass is 16.2. The Bertz CT molecular complexity index is 648. The molecule has 0 spiro atoms. The smallest absolute Gasteiger partial charge is 0.241 e. The highest BCUT2D eigenvalue weighted by molar-refractivity contribution is 5.95. The van der Waals surface area contributed by atoms with Crippen LogP contribution in [0.5, 0.6) is 0 Å². The summed E-state index contributed by atoms with van der Waals surface area (Å²) in [6, 6.07) is 18.4. The fraction of sp³-hybridized carbons (Fsp3) is 0.350. The number of hydrogen-bond donors (Lipinski definition) is 1. The molecule has 1 atom stereocenters. The molecule has 0 saturated carbocycles. The second-order valence-electron chi connectivity index (χ2n) is 6.23. The van der Waals surface area contributed by atoms with Gasteiger partial charge < -0.3 is 5.32 Å². The van der Waals surface area contributed by atoms with Crippen LogP contribution in [0, 0.1) is 0 Å². The summed E-state index contributed by atoms with van der Waals surface area (Å²) in [7, 11) is 0. The Morgan fingerprint density at radius 3 is 2.43 bits per heavy atom. The molecule has 0 radical (unpaired) electrons. The molecule has 1 saturated heterocycles. The second-order valence-corrected chi connectivity index (χ2v) is 6.23. The van der Waals surface area contributed by atoms with E-state index < -0.39 is 0 Å². The molecule has 3 heteroatoms. The Morgan fingerprint density at radius 1 is 1.04 bits per heavy atom. The number of nitrogens with zero attached hydrogens (tertiary/aromatic N) is 1. The van der Waals surface area contributed by atoms with Crippen molar-refractivity contribution in [3.8, 4) is 0 Å². The maximum Gasteiger partial charge on any atom is 0.241 e. The Kier molecular flexibility index (Phi) is 5.09. The molecule has 1 aliphatic heterocycles. The number of carbonyl (C=O) groups excluding carboxylic acids is 1. The van der Waals surface area contributed by atoms with Gasteiger partial charge in [-0.15, -0.1) is 0 Å². The molecule has 3 nitrogen and oxygen atoms in total. The number of anilines is 1. The first-order valence-electron chi connectivity index (χ1n) is 8.41. The predicted molar refractivity (Wildman–Crippen MR) is 94.6 cm³/mol. The molecule has 1 fully saturated rings. The lowest BCUT2D eigenvalue weighted by atomic mass is 10.0. The molecular formula is C20H24N2O. The average Bonchev–Trinajstić information content (AvgIpc) is 3.11. The maximum atomic E-state index is 12.6. The van der Waals surface area contributed by atoms with Gasteiger partial charge in [0.2, 0.25) is 5.91 Å². The van der Waals surface area contributed by atoms with Crippen molar-refractivity contribution in [1.82, 2.24) is 4.90 Å². The molecule has 1 amide bonds. The van der Waals surface area contributed by atoms with E-state index in [9.17, 15) is 4.79 Å². The molecule has 0 aliphatic carbocycles. The van der Waals surface area contributed by atoms with Crippen molar-refractivity contribution >= 4 is 11.6 Å². The summed E-state index contributed by atoms with van der Waals surface area (Å²) >= 11 is 0. The highest BCUT2D eigenvalue weighted by Gasteiger charge is 2.24. The summed E-state index contributed by atoms with van der Waals surface area (Å²) in [6.07, 6.45) is 3.22. The van der Waals surface area contributed by atoms with Crippen LogP contribution in [0.3, 0.4) is 0 Å². The minimum Gasteiger partial charge on any atom is -0.324 e. The number of hydrogen-bond acceptors (Lipinski definition) is 2. The van der Waals surface area contributed by atoms with E-state index >= 15 is 0 Å². The van der Waals surface area contributed by atoms with Gasteiger partial charge in [-0.3, -0.25) is 9.69 Å². The average molecular weight is 308 g/mol. The van der Waals surface area contributed by atoms with Crippen LogP contribution in [-0.4, -0.2) is 29.9 Å². The fourth-order valence-electron chi connectivity index (χ4n) is 3.14. The van der Waals surface area contributed by atoms with E-state index in [1.54, 1.807) is 0 Å². The van der Waals surface area contributed by atoms with Crippen molar-refractivity contribution in [2.24, 2.45) is 0 Å². The fourth-order valence-corrected chi connectivity index (χ4v) is 3.14. The summed E-state index contributed by atoms with van der Waals surface area (Å²) < 4.78 is 0. The standard InChI is InChI=1S/C20H24N2O/c1-16(22-13-7-8-14-22)20(23)21-19-12-6-5-11-18(19)15-17-9-3-2-4-10-17/h2-6,9-12,16H,7-8,13-15H2,1H3,(H,21,23)/t16-/m1/s1. The SMILES string of the molecule is C[C@H](C(=O)Nc1ccccc1Cc1ccccc1)N1CCCC1. The zero-order valence-electron chi connectivity index (χ0n) is 13.7. The van der Waals surface area contributed by atoms with Crippen molar-refractivity contribution in [2.45, 2.75) is 32.2 Å². The summed E-state index contributed by atoms with van der Waals surface area (Å²) in [5, 5.41) is 3.13. The predicted octanol–water partition coefficient (Wildman–Crippen LogP) is 3.70. The largest absolute Gasteiger partial charge is 0.324 e. The summed E-state index contributed by atoms with van der Waals surface area (Å²) in [5.74, 6) is 0.0902. The number of nitrogens with one attached hydrogen (secondary N) is 1. The molecule has 1 aliphatic rings. The monoisotopic (exact) mass is 308 g/mol. The van der Waals surface area contributed by atoms with E-state index in [4.69, 9.17) is 0 Å². The van der Waals surface area contributed by atoms with Crippen molar-refractivity contribution in [3.05, 3.63) is 65.7 Å². The van der Waals surface area contributed by atoms with Gasteiger partial charge in [-0.2, -0.15) is 0 Å². The van der Waals surface area contributed by atoms with E-state index in [1.165, 1.54) is 18.4 Å². The second kappa shape index (κ2) is 7.42. The van der Waals surface area contributed by atoms with Crippen LogP contribution in [0.25, 0.3) is 0 Å². The van der Waals surface area contributed by atoms with Crippen LogP contribution >= 0.6 is 0 Å². The lowest BCUT2D eigenvalue weighted by Crippen LogP contribution is -2.40. The molecule has 1 N–H and O–H groups in total. The van der Waals surface area contributed by atoms with E-state index in [1.807, 2.05) is 43.3 Å². The number of para-hydroxylation sites is 1. The first-order chi connectivity index (χ1) is 11.2. The molecule has 0 aromatic heterocycles. The van der Waals surface area contributed by atoms with Gasteiger partial charge in [0.15, 0.2) is 0 Å². The zero-order valence-corrected chi connectivity index (χ0v) is 13.7. The van der Waals surface area contributed by atoms with Gasteiger partial charge in [-0.1, -0.05) is 48.5 Å². The topological polar surface area (TPSA) is 32.3 Å². The van der Waals surface area contributed by atoms with E-state index in [0.717, 1.165) is 30.8 Å². The van der Waals surface area contributed by atoms with Gasteiger partial charge in [-0.25, -0.2) is 0 Å². The van der Waals surface area contributed by atoms with Crippen molar-refractivity contribution < 1.29 is 4.79 Å².